The molecule has 3 rings (SSSR count). The molecule has 25 heavy (non-hydrogen) atoms. The first-order chi connectivity index (χ1) is 12.1. The molecular weight excluding hydrogens is 322 g/mol. The van der Waals surface area contributed by atoms with Crippen molar-refractivity contribution in [2.24, 2.45) is 0 Å². The van der Waals surface area contributed by atoms with Crippen LogP contribution in [0.4, 0.5) is 0 Å². The maximum atomic E-state index is 12.3. The van der Waals surface area contributed by atoms with E-state index in [2.05, 4.69) is 0 Å². The second kappa shape index (κ2) is 7.17. The van der Waals surface area contributed by atoms with Gasteiger partial charge in [-0.15, -0.1) is 0 Å². The molecular formula is C19H17NO5. The maximum absolute atomic E-state index is 12.3. The Morgan fingerprint density at radius 1 is 1.12 bits per heavy atom. The zero-order chi connectivity index (χ0) is 17.8. The quantitative estimate of drug-likeness (QED) is 0.456. The van der Waals surface area contributed by atoms with Crippen molar-refractivity contribution in [3.05, 3.63) is 65.7 Å². The Morgan fingerprint density at radius 2 is 1.80 bits per heavy atom. The van der Waals surface area contributed by atoms with E-state index < -0.39 is 18.1 Å². The number of methoxy groups -OCH3 is 1. The van der Waals surface area contributed by atoms with Gasteiger partial charge in [0.25, 0.3) is 5.91 Å². The van der Waals surface area contributed by atoms with Gasteiger partial charge < -0.3 is 19.2 Å². The Labute approximate surface area is 145 Å². The minimum absolute atomic E-state index is 0.291. The van der Waals surface area contributed by atoms with E-state index in [0.717, 1.165) is 5.56 Å². The van der Waals surface area contributed by atoms with Gasteiger partial charge in [-0.05, 0) is 29.8 Å². The lowest BCUT2D eigenvalue weighted by Crippen LogP contribution is -2.66. The van der Waals surface area contributed by atoms with Crippen LogP contribution in [0.15, 0.2) is 54.6 Å². The summed E-state index contributed by atoms with van der Waals surface area (Å²) in [6.45, 7) is 0.305. The van der Waals surface area contributed by atoms with Gasteiger partial charge >= 0.3 is 5.97 Å². The Hall–Kier alpha value is -3.15. The number of amides is 1. The first-order valence-electron chi connectivity index (χ1n) is 7.79. The number of benzene rings is 2. The van der Waals surface area contributed by atoms with Crippen LogP contribution < -0.4 is 4.74 Å². The molecule has 0 aliphatic carbocycles. The summed E-state index contributed by atoms with van der Waals surface area (Å²) < 4.78 is 10.3. The van der Waals surface area contributed by atoms with Crippen LogP contribution in [0.25, 0.3) is 0 Å². The first-order valence-corrected chi connectivity index (χ1v) is 7.79. The fourth-order valence-electron chi connectivity index (χ4n) is 2.68. The molecule has 1 amide bonds. The van der Waals surface area contributed by atoms with Crippen molar-refractivity contribution < 1.29 is 23.9 Å². The fourth-order valence-corrected chi connectivity index (χ4v) is 2.68. The molecule has 2 aromatic carbocycles. The summed E-state index contributed by atoms with van der Waals surface area (Å²) in [4.78, 5) is 37.2. The highest BCUT2D eigenvalue weighted by Gasteiger charge is 2.50. The molecule has 6 nitrogen and oxygen atoms in total. The van der Waals surface area contributed by atoms with Gasteiger partial charge in [-0.3, -0.25) is 4.79 Å². The van der Waals surface area contributed by atoms with E-state index in [0.29, 0.717) is 24.1 Å². The van der Waals surface area contributed by atoms with Gasteiger partial charge in [0.15, 0.2) is 0 Å². The van der Waals surface area contributed by atoms with Crippen LogP contribution in [0, 0.1) is 0 Å². The number of rotatable bonds is 6. The number of carbonyl (C=O) groups is 3. The summed E-state index contributed by atoms with van der Waals surface area (Å²) in [6, 6.07) is 14.9. The summed E-state index contributed by atoms with van der Waals surface area (Å²) in [5.41, 5.74) is 1.20. The van der Waals surface area contributed by atoms with E-state index in [4.69, 9.17) is 9.47 Å². The molecule has 2 aromatic rings. The predicted octanol–water partition coefficient (Wildman–Crippen LogP) is 1.83. The number of nitrogens with zero attached hydrogens (tertiary/aromatic N) is 1. The third-order valence-corrected chi connectivity index (χ3v) is 4.09. The lowest BCUT2D eigenvalue weighted by atomic mass is 9.98. The largest absolute Gasteiger partial charge is 0.497 e. The standard InChI is InChI=1S/C19H17NO5/c1-24-15-9-7-14(8-10-15)19(23)25-17-16(12-21)20(18(17)22)11-13-5-3-2-4-6-13/h2-10,12,16-17H,11H2,1H3/t16-,17+/m0/s1. The molecule has 0 radical (unpaired) electrons. The number of carbonyl (C=O) groups excluding carboxylic acids is 3. The second-order valence-electron chi connectivity index (χ2n) is 5.63. The van der Waals surface area contributed by atoms with Gasteiger partial charge in [-0.25, -0.2) is 4.79 Å². The maximum Gasteiger partial charge on any atom is 0.339 e. The van der Waals surface area contributed by atoms with Crippen molar-refractivity contribution in [1.82, 2.24) is 4.90 Å². The molecule has 1 aliphatic rings. The molecule has 0 unspecified atom stereocenters. The Balaban J connectivity index is 1.65. The number of esters is 1. The zero-order valence-electron chi connectivity index (χ0n) is 13.6. The van der Waals surface area contributed by atoms with Gasteiger partial charge in [-0.2, -0.15) is 0 Å². The molecule has 1 saturated heterocycles. The average molecular weight is 339 g/mol. The minimum Gasteiger partial charge on any atom is -0.497 e. The van der Waals surface area contributed by atoms with Crippen molar-refractivity contribution in [3.63, 3.8) is 0 Å². The van der Waals surface area contributed by atoms with Crippen LogP contribution in [-0.2, 0) is 20.9 Å². The lowest BCUT2D eigenvalue weighted by Gasteiger charge is -2.43. The van der Waals surface area contributed by atoms with Crippen molar-refractivity contribution in [2.75, 3.05) is 7.11 Å². The Morgan fingerprint density at radius 3 is 2.40 bits per heavy atom. The van der Waals surface area contributed by atoms with E-state index in [-0.39, 0.29) is 5.91 Å². The van der Waals surface area contributed by atoms with Crippen molar-refractivity contribution in [2.45, 2.75) is 18.7 Å². The third-order valence-electron chi connectivity index (χ3n) is 4.09. The van der Waals surface area contributed by atoms with Crippen molar-refractivity contribution in [3.8, 4) is 5.75 Å². The van der Waals surface area contributed by atoms with Gasteiger partial charge in [0.1, 0.15) is 18.1 Å². The predicted molar refractivity (Wildman–Crippen MR) is 89.0 cm³/mol. The molecule has 6 heteroatoms. The zero-order valence-corrected chi connectivity index (χ0v) is 13.6. The van der Waals surface area contributed by atoms with E-state index >= 15 is 0 Å². The number of likely N-dealkylation sites (tertiary alicyclic amines) is 1. The third kappa shape index (κ3) is 3.38. The minimum atomic E-state index is -1.07. The van der Waals surface area contributed by atoms with Gasteiger partial charge in [0, 0.05) is 6.54 Å². The highest BCUT2D eigenvalue weighted by Crippen LogP contribution is 2.25. The number of ether oxygens (including phenoxy) is 2. The first kappa shape index (κ1) is 16.7. The molecule has 0 N–H and O–H groups in total. The van der Waals surface area contributed by atoms with E-state index in [1.165, 1.54) is 12.0 Å². The molecule has 1 aliphatic heterocycles. The molecule has 1 fully saturated rings. The molecule has 128 valence electrons. The summed E-state index contributed by atoms with van der Waals surface area (Å²) in [5, 5.41) is 0. The molecule has 0 saturated carbocycles. The highest BCUT2D eigenvalue weighted by molar-refractivity contribution is 5.98. The van der Waals surface area contributed by atoms with Gasteiger partial charge in [-0.1, -0.05) is 30.3 Å². The molecule has 0 aromatic heterocycles. The van der Waals surface area contributed by atoms with Crippen LogP contribution >= 0.6 is 0 Å². The van der Waals surface area contributed by atoms with Crippen LogP contribution in [0.5, 0.6) is 5.75 Å². The van der Waals surface area contributed by atoms with Crippen molar-refractivity contribution in [1.29, 1.82) is 0 Å². The number of β-lactam (4-membered cyclic amide) rings is 1. The van der Waals surface area contributed by atoms with E-state index in [1.54, 1.807) is 24.3 Å². The van der Waals surface area contributed by atoms with Gasteiger partial charge in [0.2, 0.25) is 6.10 Å². The van der Waals surface area contributed by atoms with Gasteiger partial charge in [0.05, 0.1) is 12.7 Å². The fraction of sp³-hybridized carbons (Fsp3) is 0.211. The molecule has 2 atom stereocenters. The normalized spacial score (nSPS) is 19.1. The number of hydrogen-bond acceptors (Lipinski definition) is 5. The number of hydrogen-bond donors (Lipinski definition) is 0. The Bertz CT molecular complexity index is 772. The van der Waals surface area contributed by atoms with Crippen LogP contribution in [0.2, 0.25) is 0 Å². The molecule has 1 heterocycles. The van der Waals surface area contributed by atoms with E-state index in [1.807, 2.05) is 30.3 Å². The summed E-state index contributed by atoms with van der Waals surface area (Å²) in [5.74, 6) is -0.411. The lowest BCUT2D eigenvalue weighted by molar-refractivity contribution is -0.169. The number of aldehydes is 1. The Kier molecular flexibility index (Phi) is 4.79. The summed E-state index contributed by atoms with van der Waals surface area (Å²) >= 11 is 0. The SMILES string of the molecule is COc1ccc(C(=O)O[C@H]2C(=O)N(Cc3ccccc3)[C@H]2C=O)cc1. The summed E-state index contributed by atoms with van der Waals surface area (Å²) in [7, 11) is 1.52. The topological polar surface area (TPSA) is 72.9 Å². The van der Waals surface area contributed by atoms with Crippen LogP contribution in [0.3, 0.4) is 0 Å². The van der Waals surface area contributed by atoms with E-state index in [9.17, 15) is 14.4 Å². The van der Waals surface area contributed by atoms with Crippen LogP contribution in [0.1, 0.15) is 15.9 Å². The van der Waals surface area contributed by atoms with Crippen LogP contribution in [-0.4, -0.2) is 42.3 Å². The monoisotopic (exact) mass is 339 g/mol. The van der Waals surface area contributed by atoms with Crippen molar-refractivity contribution >= 4 is 18.2 Å². The highest BCUT2D eigenvalue weighted by atomic mass is 16.6. The molecule has 0 spiro atoms. The second-order valence-corrected chi connectivity index (χ2v) is 5.63. The summed E-state index contributed by atoms with van der Waals surface area (Å²) in [6.07, 6.45) is -0.438. The average Bonchev–Trinajstić information content (AvgIpc) is 2.67. The molecule has 0 bridgehead atoms. The smallest absolute Gasteiger partial charge is 0.339 e.